The van der Waals surface area contributed by atoms with Gasteiger partial charge in [-0.25, -0.2) is 4.68 Å². The second-order valence-electron chi connectivity index (χ2n) is 8.64. The van der Waals surface area contributed by atoms with Crippen LogP contribution in [0.1, 0.15) is 52.1 Å². The van der Waals surface area contributed by atoms with Crippen molar-refractivity contribution in [1.29, 1.82) is 0 Å². The van der Waals surface area contributed by atoms with Gasteiger partial charge in [-0.05, 0) is 37.7 Å². The molecule has 2 saturated heterocycles. The van der Waals surface area contributed by atoms with E-state index in [-0.39, 0.29) is 22.8 Å². The molecule has 1 aromatic rings. The molecule has 2 aliphatic heterocycles. The van der Waals surface area contributed by atoms with E-state index in [9.17, 15) is 9.59 Å². The molecule has 6 heteroatoms. The summed E-state index contributed by atoms with van der Waals surface area (Å²) in [4.78, 5) is 26.8. The van der Waals surface area contributed by atoms with E-state index in [0.717, 1.165) is 44.5 Å². The van der Waals surface area contributed by atoms with Crippen LogP contribution in [-0.4, -0.2) is 46.9 Å². The molecular weight excluding hydrogens is 330 g/mol. The Hall–Kier alpha value is -1.69. The number of carbonyl (C=O) groups is 1. The highest BCUT2D eigenvalue weighted by Gasteiger charge is 2.29. The van der Waals surface area contributed by atoms with Crippen molar-refractivity contribution in [1.82, 2.24) is 14.7 Å². The average Bonchev–Trinajstić information content (AvgIpc) is 2.63. The zero-order chi connectivity index (χ0) is 18.7. The smallest absolute Gasteiger partial charge is 0.266 e. The second kappa shape index (κ2) is 7.91. The predicted molar refractivity (Wildman–Crippen MR) is 100 cm³/mol. The van der Waals surface area contributed by atoms with E-state index in [1.165, 1.54) is 0 Å². The molecule has 0 radical (unpaired) electrons. The summed E-state index contributed by atoms with van der Waals surface area (Å²) < 4.78 is 6.97. The van der Waals surface area contributed by atoms with Crippen molar-refractivity contribution in [2.24, 2.45) is 11.8 Å². The van der Waals surface area contributed by atoms with Crippen molar-refractivity contribution in [2.75, 3.05) is 26.3 Å². The number of hydrogen-bond donors (Lipinski definition) is 0. The lowest BCUT2D eigenvalue weighted by molar-refractivity contribution is -0.140. The van der Waals surface area contributed by atoms with E-state index < -0.39 is 0 Å². The highest BCUT2D eigenvalue weighted by Crippen LogP contribution is 2.24. The number of carbonyl (C=O) groups excluding carboxylic acids is 1. The molecule has 0 unspecified atom stereocenters. The topological polar surface area (TPSA) is 64.4 Å². The largest absolute Gasteiger partial charge is 0.381 e. The molecule has 0 atom stereocenters. The summed E-state index contributed by atoms with van der Waals surface area (Å²) in [6.07, 6.45) is 3.56. The molecule has 0 N–H and O–H groups in total. The third-order valence-electron chi connectivity index (χ3n) is 5.56. The number of likely N-dealkylation sites (tertiary alicyclic amines) is 1. The highest BCUT2D eigenvalue weighted by molar-refractivity contribution is 5.79. The Morgan fingerprint density at radius 3 is 2.42 bits per heavy atom. The van der Waals surface area contributed by atoms with Gasteiger partial charge in [0.05, 0.1) is 5.69 Å². The third-order valence-corrected chi connectivity index (χ3v) is 5.56. The van der Waals surface area contributed by atoms with Crippen molar-refractivity contribution in [3.63, 3.8) is 0 Å². The maximum absolute atomic E-state index is 12.6. The zero-order valence-corrected chi connectivity index (χ0v) is 16.2. The molecule has 0 spiro atoms. The fraction of sp³-hybridized carbons (Fsp3) is 0.750. The van der Waals surface area contributed by atoms with E-state index in [1.807, 2.05) is 11.0 Å². The van der Waals surface area contributed by atoms with Crippen molar-refractivity contribution < 1.29 is 9.53 Å². The van der Waals surface area contributed by atoms with Crippen LogP contribution in [0, 0.1) is 11.8 Å². The van der Waals surface area contributed by atoms with Crippen molar-refractivity contribution in [2.45, 2.75) is 58.4 Å². The normalized spacial score (nSPS) is 20.3. The number of hydrogen-bond acceptors (Lipinski definition) is 4. The van der Waals surface area contributed by atoms with Gasteiger partial charge in [-0.2, -0.15) is 5.10 Å². The van der Waals surface area contributed by atoms with Crippen LogP contribution in [0.2, 0.25) is 0 Å². The fourth-order valence-electron chi connectivity index (χ4n) is 3.76. The van der Waals surface area contributed by atoms with Crippen LogP contribution in [0.3, 0.4) is 0 Å². The monoisotopic (exact) mass is 361 g/mol. The van der Waals surface area contributed by atoms with E-state index in [4.69, 9.17) is 4.74 Å². The minimum atomic E-state index is -0.0745. The standard InChI is InChI=1S/C20H31N3O3/c1-20(2,3)17-4-5-18(24)23(21-17)14-15-6-10-22(11-7-15)19(25)16-8-12-26-13-9-16/h4-5,15-16H,6-14H2,1-3H3. The number of nitrogens with zero attached hydrogens (tertiary/aromatic N) is 3. The Morgan fingerprint density at radius 1 is 1.15 bits per heavy atom. The minimum Gasteiger partial charge on any atom is -0.381 e. The summed E-state index contributed by atoms with van der Waals surface area (Å²) in [5.74, 6) is 0.819. The molecule has 0 bridgehead atoms. The van der Waals surface area contributed by atoms with E-state index in [0.29, 0.717) is 25.7 Å². The van der Waals surface area contributed by atoms with E-state index in [1.54, 1.807) is 10.7 Å². The second-order valence-corrected chi connectivity index (χ2v) is 8.64. The summed E-state index contributed by atoms with van der Waals surface area (Å²) in [6.45, 7) is 9.92. The van der Waals surface area contributed by atoms with Crippen molar-refractivity contribution in [3.05, 3.63) is 28.2 Å². The van der Waals surface area contributed by atoms with Gasteiger partial charge in [-0.15, -0.1) is 0 Å². The molecule has 0 saturated carbocycles. The van der Waals surface area contributed by atoms with Crippen LogP contribution < -0.4 is 5.56 Å². The molecule has 3 rings (SSSR count). The number of piperidine rings is 1. The molecule has 2 aliphatic rings. The van der Waals surface area contributed by atoms with Gasteiger partial charge >= 0.3 is 0 Å². The maximum atomic E-state index is 12.6. The molecule has 0 aromatic carbocycles. The first kappa shape index (κ1) is 19.1. The quantitative estimate of drug-likeness (QED) is 0.828. The average molecular weight is 361 g/mol. The SMILES string of the molecule is CC(C)(C)c1ccc(=O)n(CC2CCN(C(=O)C3CCOCC3)CC2)n1. The first-order valence-corrected chi connectivity index (χ1v) is 9.80. The summed E-state index contributed by atoms with van der Waals surface area (Å²) in [7, 11) is 0. The summed E-state index contributed by atoms with van der Waals surface area (Å²) in [6, 6.07) is 3.45. The molecule has 3 heterocycles. The van der Waals surface area contributed by atoms with Gasteiger partial charge in [0.15, 0.2) is 0 Å². The third kappa shape index (κ3) is 4.53. The number of aromatic nitrogens is 2. The molecule has 1 aromatic heterocycles. The molecule has 6 nitrogen and oxygen atoms in total. The Kier molecular flexibility index (Phi) is 5.80. The number of amides is 1. The lowest BCUT2D eigenvalue weighted by atomic mass is 9.92. The van der Waals surface area contributed by atoms with Gasteiger partial charge in [0.2, 0.25) is 5.91 Å². The van der Waals surface area contributed by atoms with Gasteiger partial charge in [0.1, 0.15) is 0 Å². The molecular formula is C20H31N3O3. The van der Waals surface area contributed by atoms with Crippen LogP contribution in [-0.2, 0) is 21.5 Å². The Balaban J connectivity index is 1.57. The van der Waals surface area contributed by atoms with Crippen LogP contribution >= 0.6 is 0 Å². The van der Waals surface area contributed by atoms with Gasteiger partial charge in [-0.1, -0.05) is 20.8 Å². The van der Waals surface area contributed by atoms with E-state index >= 15 is 0 Å². The lowest BCUT2D eigenvalue weighted by Crippen LogP contribution is -2.44. The Morgan fingerprint density at radius 2 is 1.81 bits per heavy atom. The van der Waals surface area contributed by atoms with Crippen molar-refractivity contribution in [3.8, 4) is 0 Å². The van der Waals surface area contributed by atoms with Crippen LogP contribution in [0.5, 0.6) is 0 Å². The number of rotatable bonds is 3. The molecule has 26 heavy (non-hydrogen) atoms. The summed E-state index contributed by atoms with van der Waals surface area (Å²) in [5.41, 5.74) is 0.817. The van der Waals surface area contributed by atoms with Crippen LogP contribution in [0.25, 0.3) is 0 Å². The van der Waals surface area contributed by atoms with Gasteiger partial charge in [-0.3, -0.25) is 9.59 Å². The summed E-state index contributed by atoms with van der Waals surface area (Å²) >= 11 is 0. The first-order chi connectivity index (χ1) is 12.3. The lowest BCUT2D eigenvalue weighted by Gasteiger charge is -2.35. The van der Waals surface area contributed by atoms with Crippen LogP contribution in [0.15, 0.2) is 16.9 Å². The number of ether oxygens (including phenoxy) is 1. The highest BCUT2D eigenvalue weighted by atomic mass is 16.5. The molecule has 144 valence electrons. The fourth-order valence-corrected chi connectivity index (χ4v) is 3.76. The first-order valence-electron chi connectivity index (χ1n) is 9.80. The van der Waals surface area contributed by atoms with Gasteiger partial charge in [0, 0.05) is 50.2 Å². The predicted octanol–water partition coefficient (Wildman–Crippen LogP) is 2.21. The minimum absolute atomic E-state index is 0.0429. The Bertz CT molecular complexity index is 678. The Labute approximate surface area is 155 Å². The zero-order valence-electron chi connectivity index (χ0n) is 16.2. The van der Waals surface area contributed by atoms with E-state index in [2.05, 4.69) is 25.9 Å². The van der Waals surface area contributed by atoms with Gasteiger partial charge in [0.25, 0.3) is 5.56 Å². The molecule has 1 amide bonds. The maximum Gasteiger partial charge on any atom is 0.266 e. The summed E-state index contributed by atoms with van der Waals surface area (Å²) in [5, 5.41) is 4.57. The molecule has 2 fully saturated rings. The van der Waals surface area contributed by atoms with Gasteiger partial charge < -0.3 is 9.64 Å². The van der Waals surface area contributed by atoms with Crippen LogP contribution in [0.4, 0.5) is 0 Å². The molecule has 0 aliphatic carbocycles. The van der Waals surface area contributed by atoms with Crippen molar-refractivity contribution >= 4 is 5.91 Å².